The number of nitrogens with zero attached hydrogens (tertiary/aromatic N) is 2. The van der Waals surface area contributed by atoms with E-state index in [0.717, 1.165) is 16.1 Å². The summed E-state index contributed by atoms with van der Waals surface area (Å²) in [5, 5.41) is 8.77. The Balaban J connectivity index is 2.16. The molecule has 0 bridgehead atoms. The van der Waals surface area contributed by atoms with Gasteiger partial charge in [-0.15, -0.1) is 0 Å². The van der Waals surface area contributed by atoms with Gasteiger partial charge in [0.1, 0.15) is 10.4 Å². The van der Waals surface area contributed by atoms with Gasteiger partial charge in [-0.3, -0.25) is 4.79 Å². The molecule has 0 spiro atoms. The van der Waals surface area contributed by atoms with Crippen molar-refractivity contribution in [3.05, 3.63) is 16.1 Å². The quantitative estimate of drug-likeness (QED) is 0.928. The van der Waals surface area contributed by atoms with Gasteiger partial charge in [0.2, 0.25) is 0 Å². The van der Waals surface area contributed by atoms with Crippen molar-refractivity contribution in [3.8, 4) is 0 Å². The van der Waals surface area contributed by atoms with Crippen LogP contribution in [-0.2, 0) is 18.3 Å². The highest BCUT2D eigenvalue weighted by molar-refractivity contribution is 9.10. The Morgan fingerprint density at radius 3 is 2.72 bits per heavy atom. The first-order valence-corrected chi connectivity index (χ1v) is 7.31. The van der Waals surface area contributed by atoms with Crippen LogP contribution in [0.15, 0.2) is 4.60 Å². The minimum atomic E-state index is -0.762. The van der Waals surface area contributed by atoms with Crippen molar-refractivity contribution in [2.45, 2.75) is 50.9 Å². The van der Waals surface area contributed by atoms with Crippen LogP contribution in [-0.4, -0.2) is 20.6 Å². The van der Waals surface area contributed by atoms with Crippen molar-refractivity contribution in [2.24, 2.45) is 7.05 Å². The first-order chi connectivity index (χ1) is 8.59. The number of aliphatic carboxylic acids is 1. The largest absolute Gasteiger partial charge is 0.481 e. The molecular weight excluding hydrogens is 296 g/mol. The van der Waals surface area contributed by atoms with Gasteiger partial charge in [0.05, 0.1) is 12.1 Å². The van der Waals surface area contributed by atoms with Crippen molar-refractivity contribution in [1.29, 1.82) is 0 Å². The zero-order valence-corrected chi connectivity index (χ0v) is 12.2. The van der Waals surface area contributed by atoms with Gasteiger partial charge in [-0.05, 0) is 28.8 Å². The third-order valence-electron chi connectivity index (χ3n) is 3.75. The van der Waals surface area contributed by atoms with Crippen LogP contribution in [0.25, 0.3) is 0 Å². The minimum absolute atomic E-state index is 0.155. The maximum atomic E-state index is 10.7. The molecule has 1 fully saturated rings. The second-order valence-electron chi connectivity index (χ2n) is 5.00. The van der Waals surface area contributed by atoms with E-state index >= 15 is 0 Å². The number of imidazole rings is 1. The van der Waals surface area contributed by atoms with Gasteiger partial charge in [0, 0.05) is 19.4 Å². The van der Waals surface area contributed by atoms with Gasteiger partial charge in [-0.25, -0.2) is 4.98 Å². The number of halogens is 1. The lowest BCUT2D eigenvalue weighted by molar-refractivity contribution is -0.136. The Labute approximate surface area is 116 Å². The molecule has 1 aliphatic carbocycles. The average molecular weight is 315 g/mol. The topological polar surface area (TPSA) is 55.1 Å². The second-order valence-corrected chi connectivity index (χ2v) is 5.75. The number of carbonyl (C=O) groups is 1. The Bertz CT molecular complexity index is 436. The zero-order chi connectivity index (χ0) is 13.1. The van der Waals surface area contributed by atoms with Crippen LogP contribution in [0, 0.1) is 0 Å². The maximum absolute atomic E-state index is 10.7. The van der Waals surface area contributed by atoms with Gasteiger partial charge in [0.15, 0.2) is 0 Å². The van der Waals surface area contributed by atoms with E-state index in [2.05, 4.69) is 25.5 Å². The molecule has 0 aromatic carbocycles. The number of hydrogen-bond donors (Lipinski definition) is 1. The number of aromatic nitrogens is 2. The summed E-state index contributed by atoms with van der Waals surface area (Å²) in [6, 6.07) is 0. The fourth-order valence-corrected chi connectivity index (χ4v) is 3.38. The van der Waals surface area contributed by atoms with E-state index in [9.17, 15) is 4.79 Å². The summed E-state index contributed by atoms with van der Waals surface area (Å²) in [4.78, 5) is 15.3. The number of hydrogen-bond acceptors (Lipinski definition) is 2. The highest BCUT2D eigenvalue weighted by Crippen LogP contribution is 2.33. The van der Waals surface area contributed by atoms with Gasteiger partial charge >= 0.3 is 5.97 Å². The Kier molecular flexibility index (Phi) is 4.43. The molecule has 0 aliphatic heterocycles. The van der Waals surface area contributed by atoms with Gasteiger partial charge in [-0.2, -0.15) is 0 Å². The molecule has 100 valence electrons. The third kappa shape index (κ3) is 2.94. The summed E-state index contributed by atoms with van der Waals surface area (Å²) < 4.78 is 2.90. The van der Waals surface area contributed by atoms with Crippen LogP contribution >= 0.6 is 15.9 Å². The standard InChI is InChI=1S/C13H19BrN2O2/c1-16-10(7-8-11(17)18)12(14)15-13(16)9-5-3-2-4-6-9/h9H,2-8H2,1H3,(H,17,18). The summed E-state index contributed by atoms with van der Waals surface area (Å²) >= 11 is 3.46. The monoisotopic (exact) mass is 314 g/mol. The lowest BCUT2D eigenvalue weighted by Gasteiger charge is -2.21. The Hall–Kier alpha value is -0.840. The minimum Gasteiger partial charge on any atom is -0.481 e. The van der Waals surface area contributed by atoms with E-state index in [1.165, 1.54) is 32.1 Å². The van der Waals surface area contributed by atoms with Crippen LogP contribution in [0.5, 0.6) is 0 Å². The van der Waals surface area contributed by atoms with Crippen molar-refractivity contribution < 1.29 is 9.90 Å². The van der Waals surface area contributed by atoms with Crippen LogP contribution in [0.1, 0.15) is 56.0 Å². The number of rotatable bonds is 4. The molecule has 1 saturated carbocycles. The van der Waals surface area contributed by atoms with Crippen LogP contribution in [0.2, 0.25) is 0 Å². The molecule has 0 atom stereocenters. The molecule has 2 rings (SSSR count). The number of carboxylic acids is 1. The summed E-state index contributed by atoms with van der Waals surface area (Å²) in [5.41, 5.74) is 0.998. The Morgan fingerprint density at radius 1 is 1.44 bits per heavy atom. The van der Waals surface area contributed by atoms with Crippen molar-refractivity contribution >= 4 is 21.9 Å². The predicted octanol–water partition coefficient (Wildman–Crippen LogP) is 3.25. The fraction of sp³-hybridized carbons (Fsp3) is 0.692. The molecule has 1 aromatic rings. The van der Waals surface area contributed by atoms with Crippen LogP contribution in [0.3, 0.4) is 0 Å². The van der Waals surface area contributed by atoms with Crippen molar-refractivity contribution in [1.82, 2.24) is 9.55 Å². The SMILES string of the molecule is Cn1c(C2CCCCC2)nc(Br)c1CCC(=O)O. The first kappa shape index (κ1) is 13.6. The van der Waals surface area contributed by atoms with E-state index in [0.29, 0.717) is 12.3 Å². The highest BCUT2D eigenvalue weighted by atomic mass is 79.9. The molecule has 1 aliphatic rings. The van der Waals surface area contributed by atoms with Gasteiger partial charge in [-0.1, -0.05) is 19.3 Å². The Morgan fingerprint density at radius 2 is 2.11 bits per heavy atom. The highest BCUT2D eigenvalue weighted by Gasteiger charge is 2.22. The van der Waals surface area contributed by atoms with E-state index < -0.39 is 5.97 Å². The molecule has 1 aromatic heterocycles. The lowest BCUT2D eigenvalue weighted by atomic mass is 9.89. The van der Waals surface area contributed by atoms with E-state index in [4.69, 9.17) is 5.11 Å². The average Bonchev–Trinajstić information content (AvgIpc) is 2.63. The van der Waals surface area contributed by atoms with Gasteiger partial charge < -0.3 is 9.67 Å². The molecule has 18 heavy (non-hydrogen) atoms. The lowest BCUT2D eigenvalue weighted by Crippen LogP contribution is -2.11. The summed E-state index contributed by atoms with van der Waals surface area (Å²) in [7, 11) is 2.00. The summed E-state index contributed by atoms with van der Waals surface area (Å²) in [6.45, 7) is 0. The predicted molar refractivity (Wildman–Crippen MR) is 72.7 cm³/mol. The van der Waals surface area contributed by atoms with E-state index in [1.807, 2.05) is 7.05 Å². The molecule has 4 nitrogen and oxygen atoms in total. The molecule has 5 heteroatoms. The fourth-order valence-electron chi connectivity index (χ4n) is 2.74. The molecule has 0 saturated heterocycles. The number of carboxylic acid groups (broad SMARTS) is 1. The maximum Gasteiger partial charge on any atom is 0.303 e. The summed E-state index contributed by atoms with van der Waals surface area (Å²) in [6.07, 6.45) is 6.98. The van der Waals surface area contributed by atoms with Crippen LogP contribution in [0.4, 0.5) is 0 Å². The molecule has 0 amide bonds. The van der Waals surface area contributed by atoms with E-state index in [1.54, 1.807) is 0 Å². The normalized spacial score (nSPS) is 17.0. The van der Waals surface area contributed by atoms with E-state index in [-0.39, 0.29) is 6.42 Å². The molecule has 1 N–H and O–H groups in total. The molecule has 0 radical (unpaired) electrons. The zero-order valence-electron chi connectivity index (χ0n) is 10.7. The first-order valence-electron chi connectivity index (χ1n) is 6.52. The molecule has 0 unspecified atom stereocenters. The molecular formula is C13H19BrN2O2. The van der Waals surface area contributed by atoms with Crippen molar-refractivity contribution in [3.63, 3.8) is 0 Å². The van der Waals surface area contributed by atoms with Gasteiger partial charge in [0.25, 0.3) is 0 Å². The second kappa shape index (κ2) is 5.87. The smallest absolute Gasteiger partial charge is 0.303 e. The van der Waals surface area contributed by atoms with Crippen LogP contribution < -0.4 is 0 Å². The molecule has 1 heterocycles. The van der Waals surface area contributed by atoms with Crippen molar-refractivity contribution in [2.75, 3.05) is 0 Å². The summed E-state index contributed by atoms with van der Waals surface area (Å²) in [5.74, 6) is 0.892. The third-order valence-corrected chi connectivity index (χ3v) is 4.38.